The van der Waals surface area contributed by atoms with Gasteiger partial charge in [0, 0.05) is 11.8 Å². The number of hydrogen-bond donors (Lipinski definition) is 0. The fourth-order valence-corrected chi connectivity index (χ4v) is 4.64. The number of carbonyl (C=O) groups excluding carboxylic acids is 1. The third-order valence-corrected chi connectivity index (χ3v) is 6.40. The molecule has 1 amide bonds. The monoisotopic (exact) mass is 460 g/mol. The lowest BCUT2D eigenvalue weighted by Gasteiger charge is -2.19. The molecule has 0 N–H and O–H groups in total. The van der Waals surface area contributed by atoms with Crippen LogP contribution in [-0.4, -0.2) is 21.0 Å². The number of para-hydroxylation sites is 1. The van der Waals surface area contributed by atoms with Gasteiger partial charge in [-0.05, 0) is 37.3 Å². The van der Waals surface area contributed by atoms with E-state index in [2.05, 4.69) is 10.1 Å². The van der Waals surface area contributed by atoms with Crippen LogP contribution in [0.2, 0.25) is 5.02 Å². The van der Waals surface area contributed by atoms with E-state index in [4.69, 9.17) is 21.1 Å². The molecular formula is C24H17ClN4O2S. The number of anilines is 1. The maximum Gasteiger partial charge on any atom is 0.266 e. The van der Waals surface area contributed by atoms with E-state index in [1.807, 2.05) is 60.7 Å². The predicted molar refractivity (Wildman–Crippen MR) is 126 cm³/mol. The normalized spacial score (nSPS) is 11.1. The van der Waals surface area contributed by atoms with E-state index in [0.717, 1.165) is 15.9 Å². The molecule has 158 valence electrons. The van der Waals surface area contributed by atoms with Crippen LogP contribution < -0.4 is 4.90 Å². The van der Waals surface area contributed by atoms with E-state index in [1.54, 1.807) is 24.1 Å². The first kappa shape index (κ1) is 20.4. The van der Waals surface area contributed by atoms with Crippen molar-refractivity contribution in [2.24, 2.45) is 0 Å². The van der Waals surface area contributed by atoms with Crippen LogP contribution in [0.3, 0.4) is 0 Å². The Morgan fingerprint density at radius 3 is 2.62 bits per heavy atom. The Labute approximate surface area is 193 Å². The van der Waals surface area contributed by atoms with Crippen LogP contribution >= 0.6 is 22.9 Å². The standard InChI is InChI=1S/C24H17ClN4O2S/c1-15-21(22(28-31-15)17-9-2-3-10-18(17)25)23(30)29(14-16-8-6-7-13-26-16)24-27-19-11-4-5-12-20(19)32-24/h2-13H,14H2,1H3. The Hall–Kier alpha value is -3.55. The van der Waals surface area contributed by atoms with Gasteiger partial charge in [-0.3, -0.25) is 14.7 Å². The molecule has 0 unspecified atom stereocenters. The Kier molecular flexibility index (Phi) is 5.43. The summed E-state index contributed by atoms with van der Waals surface area (Å²) in [6.45, 7) is 1.98. The molecule has 8 heteroatoms. The first-order valence-corrected chi connectivity index (χ1v) is 11.1. The minimum Gasteiger partial charge on any atom is -0.360 e. The zero-order valence-electron chi connectivity index (χ0n) is 17.0. The van der Waals surface area contributed by atoms with Crippen LogP contribution in [0.1, 0.15) is 21.8 Å². The number of thiazole rings is 1. The number of aromatic nitrogens is 3. The minimum absolute atomic E-state index is 0.256. The predicted octanol–water partition coefficient (Wildman–Crippen LogP) is 6.16. The van der Waals surface area contributed by atoms with Gasteiger partial charge in [0.05, 0.1) is 27.5 Å². The van der Waals surface area contributed by atoms with Crippen LogP contribution in [0.15, 0.2) is 77.4 Å². The molecule has 2 aromatic carbocycles. The summed E-state index contributed by atoms with van der Waals surface area (Å²) < 4.78 is 6.43. The van der Waals surface area contributed by atoms with Crippen molar-refractivity contribution in [3.63, 3.8) is 0 Å². The van der Waals surface area contributed by atoms with Crippen molar-refractivity contribution >= 4 is 44.2 Å². The van der Waals surface area contributed by atoms with E-state index in [0.29, 0.717) is 32.7 Å². The van der Waals surface area contributed by atoms with Gasteiger partial charge in [-0.25, -0.2) is 4.98 Å². The highest BCUT2D eigenvalue weighted by atomic mass is 35.5. The van der Waals surface area contributed by atoms with Crippen molar-refractivity contribution in [2.45, 2.75) is 13.5 Å². The lowest BCUT2D eigenvalue weighted by Crippen LogP contribution is -2.31. The third-order valence-electron chi connectivity index (χ3n) is 5.01. The molecule has 0 spiro atoms. The Bertz CT molecular complexity index is 1380. The number of rotatable bonds is 5. The van der Waals surface area contributed by atoms with Crippen LogP contribution in [0.5, 0.6) is 0 Å². The molecule has 0 fully saturated rings. The second-order valence-electron chi connectivity index (χ2n) is 7.12. The van der Waals surface area contributed by atoms with Crippen LogP contribution in [-0.2, 0) is 6.54 Å². The number of nitrogens with zero attached hydrogens (tertiary/aromatic N) is 4. The van der Waals surface area contributed by atoms with Gasteiger partial charge < -0.3 is 4.52 Å². The lowest BCUT2D eigenvalue weighted by atomic mass is 10.0. The molecule has 0 saturated heterocycles. The maximum atomic E-state index is 13.9. The number of fused-ring (bicyclic) bond motifs is 1. The quantitative estimate of drug-likeness (QED) is 0.314. The first-order valence-electron chi connectivity index (χ1n) is 9.90. The van der Waals surface area contributed by atoms with Crippen LogP contribution in [0.25, 0.3) is 21.5 Å². The molecule has 5 rings (SSSR count). The van der Waals surface area contributed by atoms with Crippen molar-refractivity contribution in [1.82, 2.24) is 15.1 Å². The summed E-state index contributed by atoms with van der Waals surface area (Å²) in [5.41, 5.74) is 2.98. The molecule has 0 atom stereocenters. The lowest BCUT2D eigenvalue weighted by molar-refractivity contribution is 0.0984. The number of halogens is 1. The number of hydrogen-bond acceptors (Lipinski definition) is 6. The molecule has 6 nitrogen and oxygen atoms in total. The highest BCUT2D eigenvalue weighted by molar-refractivity contribution is 7.22. The topological polar surface area (TPSA) is 72.1 Å². The van der Waals surface area contributed by atoms with Crippen molar-refractivity contribution < 1.29 is 9.32 Å². The number of pyridine rings is 1. The van der Waals surface area contributed by atoms with E-state index in [-0.39, 0.29) is 12.5 Å². The second kappa shape index (κ2) is 8.53. The number of amides is 1. The summed E-state index contributed by atoms with van der Waals surface area (Å²) in [6.07, 6.45) is 1.70. The molecule has 0 aliphatic rings. The van der Waals surface area contributed by atoms with Crippen LogP contribution in [0.4, 0.5) is 5.13 Å². The average molecular weight is 461 g/mol. The Balaban J connectivity index is 1.63. The summed E-state index contributed by atoms with van der Waals surface area (Å²) >= 11 is 7.85. The van der Waals surface area contributed by atoms with Gasteiger partial charge in [-0.2, -0.15) is 0 Å². The highest BCUT2D eigenvalue weighted by Gasteiger charge is 2.30. The van der Waals surface area contributed by atoms with E-state index in [9.17, 15) is 4.79 Å². The Morgan fingerprint density at radius 2 is 1.84 bits per heavy atom. The highest BCUT2D eigenvalue weighted by Crippen LogP contribution is 2.35. The minimum atomic E-state index is -0.275. The molecule has 0 aliphatic heterocycles. The summed E-state index contributed by atoms with van der Waals surface area (Å²) in [7, 11) is 0. The van der Waals surface area contributed by atoms with Gasteiger partial charge in [0.2, 0.25) is 0 Å². The summed E-state index contributed by atoms with van der Waals surface area (Å²) in [6, 6.07) is 20.7. The van der Waals surface area contributed by atoms with Crippen molar-refractivity contribution in [2.75, 3.05) is 4.90 Å². The van der Waals surface area contributed by atoms with E-state index >= 15 is 0 Å². The number of carbonyl (C=O) groups is 1. The second-order valence-corrected chi connectivity index (χ2v) is 8.54. The zero-order chi connectivity index (χ0) is 22.1. The van der Waals surface area contributed by atoms with Crippen LogP contribution in [0, 0.1) is 6.92 Å². The molecule has 3 heterocycles. The number of aryl methyl sites for hydroxylation is 1. The average Bonchev–Trinajstić information content (AvgIpc) is 3.41. The zero-order valence-corrected chi connectivity index (χ0v) is 18.6. The SMILES string of the molecule is Cc1onc(-c2ccccc2Cl)c1C(=O)N(Cc1ccccn1)c1nc2ccccc2s1. The van der Waals surface area contributed by atoms with Crippen molar-refractivity contribution in [3.8, 4) is 11.3 Å². The molecule has 0 saturated carbocycles. The summed E-state index contributed by atoms with van der Waals surface area (Å²) in [5.74, 6) is 0.139. The largest absolute Gasteiger partial charge is 0.360 e. The molecule has 0 radical (unpaired) electrons. The van der Waals surface area contributed by atoms with Gasteiger partial charge in [0.1, 0.15) is 17.0 Å². The smallest absolute Gasteiger partial charge is 0.266 e. The third kappa shape index (κ3) is 3.77. The van der Waals surface area contributed by atoms with Gasteiger partial charge >= 0.3 is 0 Å². The molecule has 0 bridgehead atoms. The molecule has 0 aliphatic carbocycles. The molecular weight excluding hydrogens is 444 g/mol. The fourth-order valence-electron chi connectivity index (χ4n) is 3.45. The van der Waals surface area contributed by atoms with Gasteiger partial charge in [0.25, 0.3) is 5.91 Å². The van der Waals surface area contributed by atoms with E-state index < -0.39 is 0 Å². The fraction of sp³-hybridized carbons (Fsp3) is 0.0833. The summed E-state index contributed by atoms with van der Waals surface area (Å²) in [5, 5.41) is 5.22. The molecule has 32 heavy (non-hydrogen) atoms. The summed E-state index contributed by atoms with van der Waals surface area (Å²) in [4.78, 5) is 24.7. The van der Waals surface area contributed by atoms with E-state index in [1.165, 1.54) is 11.3 Å². The molecule has 5 aromatic rings. The van der Waals surface area contributed by atoms with Gasteiger partial charge in [0.15, 0.2) is 5.13 Å². The van der Waals surface area contributed by atoms with Crippen molar-refractivity contribution in [1.29, 1.82) is 0 Å². The number of benzene rings is 2. The van der Waals surface area contributed by atoms with Gasteiger partial charge in [-0.1, -0.05) is 64.5 Å². The van der Waals surface area contributed by atoms with Crippen molar-refractivity contribution in [3.05, 3.63) is 95.0 Å². The molecule has 3 aromatic heterocycles. The van der Waals surface area contributed by atoms with Gasteiger partial charge in [-0.15, -0.1) is 0 Å². The maximum absolute atomic E-state index is 13.9. The first-order chi connectivity index (χ1) is 15.6. The Morgan fingerprint density at radius 1 is 1.06 bits per heavy atom.